The van der Waals surface area contributed by atoms with Crippen molar-refractivity contribution >= 4 is 62.8 Å². The Labute approximate surface area is 206 Å². The van der Waals surface area contributed by atoms with Crippen LogP contribution in [0.1, 0.15) is 11.1 Å². The van der Waals surface area contributed by atoms with Crippen LogP contribution in [0.25, 0.3) is 10.9 Å². The quantitative estimate of drug-likeness (QED) is 0.220. The summed E-state index contributed by atoms with van der Waals surface area (Å²) in [6, 6.07) is 18.6. The van der Waals surface area contributed by atoms with Gasteiger partial charge in [-0.15, -0.1) is 10.2 Å². The molecule has 0 aliphatic carbocycles. The molecule has 1 heterocycles. The molecule has 1 aromatic heterocycles. The topological polar surface area (TPSA) is 71.1 Å². The number of hydrogen-bond donors (Lipinski definition) is 2. The van der Waals surface area contributed by atoms with Crippen LogP contribution >= 0.6 is 35.4 Å². The predicted octanol–water partition coefficient (Wildman–Crippen LogP) is 7.50. The number of para-hydroxylation sites is 1. The van der Waals surface area contributed by atoms with Crippen molar-refractivity contribution in [2.75, 3.05) is 12.4 Å². The minimum atomic E-state index is -0.0254. The Balaban J connectivity index is 1.65. The summed E-state index contributed by atoms with van der Waals surface area (Å²) in [6.07, 6.45) is 0. The van der Waals surface area contributed by atoms with Crippen LogP contribution in [0.3, 0.4) is 0 Å². The highest BCUT2D eigenvalue weighted by atomic mass is 35.5. The van der Waals surface area contributed by atoms with Gasteiger partial charge in [-0.25, -0.2) is 0 Å². The molecule has 0 aliphatic rings. The maximum absolute atomic E-state index is 11.0. The second-order valence-electron chi connectivity index (χ2n) is 7.30. The third-order valence-corrected chi connectivity index (χ3v) is 6.13. The van der Waals surface area contributed by atoms with Gasteiger partial charge in [0.1, 0.15) is 5.75 Å². The number of aryl methyl sites for hydroxylation is 1. The Morgan fingerprint density at radius 3 is 2.58 bits per heavy atom. The molecule has 0 fully saturated rings. The number of nitrogens with one attached hydrogen (secondary N) is 1. The van der Waals surface area contributed by atoms with E-state index in [0.29, 0.717) is 33.7 Å². The van der Waals surface area contributed by atoms with Crippen LogP contribution < -0.4 is 10.1 Å². The summed E-state index contributed by atoms with van der Waals surface area (Å²) in [5.74, 6) is 0.505. The minimum absolute atomic E-state index is 0.0254. The van der Waals surface area contributed by atoms with E-state index in [2.05, 4.69) is 15.5 Å². The Kier molecular flexibility index (Phi) is 6.83. The molecule has 6 nitrogen and oxygen atoms in total. The van der Waals surface area contributed by atoms with E-state index in [1.165, 1.54) is 0 Å². The zero-order chi connectivity index (χ0) is 23.5. The lowest BCUT2D eigenvalue weighted by atomic mass is 10.2. The first-order valence-corrected chi connectivity index (χ1v) is 11.2. The Hall–Kier alpha value is -3.13. The average Bonchev–Trinajstić information content (AvgIpc) is 3.07. The lowest BCUT2D eigenvalue weighted by molar-refractivity contribution is 0.417. The zero-order valence-corrected chi connectivity index (χ0v) is 20.2. The number of ether oxygens (including phenoxy) is 1. The van der Waals surface area contributed by atoms with Crippen LogP contribution in [0.2, 0.25) is 10.0 Å². The van der Waals surface area contributed by atoms with Crippen molar-refractivity contribution in [3.8, 4) is 11.6 Å². The summed E-state index contributed by atoms with van der Waals surface area (Å²) in [4.78, 5) is 0. The largest absolute Gasteiger partial charge is 0.495 e. The molecule has 0 spiro atoms. The third kappa shape index (κ3) is 4.80. The van der Waals surface area contributed by atoms with Crippen LogP contribution in [0.5, 0.6) is 11.6 Å². The van der Waals surface area contributed by atoms with Gasteiger partial charge in [-0.3, -0.25) is 0 Å². The monoisotopic (exact) mass is 498 g/mol. The fraction of sp³-hybridized carbons (Fsp3) is 0.125. The fourth-order valence-corrected chi connectivity index (χ4v) is 3.99. The van der Waals surface area contributed by atoms with Gasteiger partial charge in [0.05, 0.1) is 24.9 Å². The molecule has 9 heteroatoms. The van der Waals surface area contributed by atoms with E-state index in [1.54, 1.807) is 17.7 Å². The number of nitrogens with zero attached hydrogens (tertiary/aromatic N) is 3. The molecule has 33 heavy (non-hydrogen) atoms. The van der Waals surface area contributed by atoms with Gasteiger partial charge in [-0.1, -0.05) is 59.6 Å². The van der Waals surface area contributed by atoms with E-state index in [4.69, 9.17) is 40.2 Å². The smallest absolute Gasteiger partial charge is 0.221 e. The molecular formula is C24H20Cl2N4O2S. The van der Waals surface area contributed by atoms with Gasteiger partial charge in [0.25, 0.3) is 0 Å². The second-order valence-corrected chi connectivity index (χ2v) is 8.50. The van der Waals surface area contributed by atoms with Gasteiger partial charge in [0.2, 0.25) is 11.0 Å². The van der Waals surface area contributed by atoms with Crippen molar-refractivity contribution in [3.05, 3.63) is 81.8 Å². The molecule has 2 N–H and O–H groups in total. The maximum Gasteiger partial charge on any atom is 0.221 e. The molecule has 0 bridgehead atoms. The van der Waals surface area contributed by atoms with Crippen LogP contribution in [0.4, 0.5) is 11.4 Å². The first kappa shape index (κ1) is 23.0. The summed E-state index contributed by atoms with van der Waals surface area (Å²) >= 11 is 17.8. The van der Waals surface area contributed by atoms with Crippen molar-refractivity contribution < 1.29 is 9.84 Å². The molecule has 0 saturated carbocycles. The molecule has 0 amide bonds. The molecule has 168 valence electrons. The molecule has 0 aliphatic heterocycles. The number of aromatic hydroxyl groups is 1. The number of methoxy groups -OCH3 is 1. The van der Waals surface area contributed by atoms with Crippen LogP contribution in [-0.4, -0.2) is 21.9 Å². The summed E-state index contributed by atoms with van der Waals surface area (Å²) in [5, 5.41) is 24.4. The first-order valence-electron chi connectivity index (χ1n) is 9.99. The number of aromatic nitrogens is 1. The predicted molar refractivity (Wildman–Crippen MR) is 138 cm³/mol. The number of azo groups is 1. The number of benzene rings is 3. The van der Waals surface area contributed by atoms with Gasteiger partial charge < -0.3 is 19.7 Å². The fourth-order valence-electron chi connectivity index (χ4n) is 3.49. The number of anilines is 1. The van der Waals surface area contributed by atoms with Gasteiger partial charge in [-0.2, -0.15) is 0 Å². The summed E-state index contributed by atoms with van der Waals surface area (Å²) in [6.45, 7) is 2.26. The lowest BCUT2D eigenvalue weighted by Crippen LogP contribution is -2.06. The zero-order valence-electron chi connectivity index (χ0n) is 17.8. The number of rotatable bonds is 5. The second kappa shape index (κ2) is 9.79. The summed E-state index contributed by atoms with van der Waals surface area (Å²) in [5.41, 5.74) is 3.48. The molecule has 0 atom stereocenters. The summed E-state index contributed by atoms with van der Waals surface area (Å²) < 4.78 is 7.10. The number of thiocarbonyl (C=S) groups is 1. The van der Waals surface area contributed by atoms with Crippen LogP contribution in [-0.2, 0) is 6.54 Å². The standard InChI is InChI=1S/C24H20Cl2N4O2S/c1-14-11-19(21(32-2)12-18(14)26)27-24(33)29-28-22-16-8-4-6-10-20(16)30(23(22)31)13-15-7-3-5-9-17(15)25/h3-12,31H,13H2,1-2H3,(H,27,33). The van der Waals surface area contributed by atoms with E-state index in [1.807, 2.05) is 61.5 Å². The van der Waals surface area contributed by atoms with Gasteiger partial charge in [0.15, 0.2) is 5.69 Å². The van der Waals surface area contributed by atoms with Crippen molar-refractivity contribution in [1.82, 2.24) is 4.57 Å². The highest BCUT2D eigenvalue weighted by molar-refractivity contribution is 7.80. The van der Waals surface area contributed by atoms with E-state index < -0.39 is 0 Å². The molecule has 0 radical (unpaired) electrons. The number of hydrogen-bond acceptors (Lipinski definition) is 4. The Morgan fingerprint density at radius 1 is 1.09 bits per heavy atom. The summed E-state index contributed by atoms with van der Waals surface area (Å²) in [7, 11) is 1.54. The van der Waals surface area contributed by atoms with Crippen LogP contribution in [0.15, 0.2) is 70.9 Å². The van der Waals surface area contributed by atoms with Crippen molar-refractivity contribution in [1.29, 1.82) is 0 Å². The molecule has 4 rings (SSSR count). The Bertz CT molecular complexity index is 1380. The van der Waals surface area contributed by atoms with E-state index in [-0.39, 0.29) is 11.0 Å². The Morgan fingerprint density at radius 2 is 1.82 bits per heavy atom. The van der Waals surface area contributed by atoms with Crippen LogP contribution in [0, 0.1) is 6.92 Å². The molecule has 3 aromatic carbocycles. The lowest BCUT2D eigenvalue weighted by Gasteiger charge is -2.11. The average molecular weight is 499 g/mol. The normalized spacial score (nSPS) is 11.3. The molecular weight excluding hydrogens is 479 g/mol. The third-order valence-electron chi connectivity index (χ3n) is 5.17. The van der Waals surface area contributed by atoms with E-state index >= 15 is 0 Å². The SMILES string of the molecule is COc1cc(Cl)c(C)cc1NC(=S)N=Nc1c(O)n(Cc2ccccc2Cl)c2ccccc12. The highest BCUT2D eigenvalue weighted by Gasteiger charge is 2.17. The van der Waals surface area contributed by atoms with Gasteiger partial charge in [-0.05, 0) is 48.5 Å². The number of fused-ring (bicyclic) bond motifs is 1. The molecule has 4 aromatic rings. The molecule has 0 saturated heterocycles. The van der Waals surface area contributed by atoms with E-state index in [9.17, 15) is 5.11 Å². The van der Waals surface area contributed by atoms with E-state index in [0.717, 1.165) is 22.0 Å². The van der Waals surface area contributed by atoms with Crippen molar-refractivity contribution in [3.63, 3.8) is 0 Å². The molecule has 0 unspecified atom stereocenters. The van der Waals surface area contributed by atoms with Crippen molar-refractivity contribution in [2.24, 2.45) is 10.2 Å². The van der Waals surface area contributed by atoms with Gasteiger partial charge >= 0.3 is 0 Å². The number of halogens is 2. The van der Waals surface area contributed by atoms with Gasteiger partial charge in [0, 0.05) is 21.5 Å². The van der Waals surface area contributed by atoms with Crippen molar-refractivity contribution in [2.45, 2.75) is 13.5 Å². The minimum Gasteiger partial charge on any atom is -0.495 e. The highest BCUT2D eigenvalue weighted by Crippen LogP contribution is 2.40. The first-order chi connectivity index (χ1) is 15.9. The maximum atomic E-state index is 11.0.